The number of rotatable bonds is 5. The molecule has 4 aromatic rings. The number of hydrogen-bond donors (Lipinski definition) is 2. The highest BCUT2D eigenvalue weighted by atomic mass is 19.1. The number of aromatic nitrogens is 3. The van der Waals surface area contributed by atoms with Crippen LogP contribution in [0.3, 0.4) is 0 Å². The molecule has 1 amide bonds. The van der Waals surface area contributed by atoms with Crippen molar-refractivity contribution in [2.45, 2.75) is 44.6 Å². The Morgan fingerprint density at radius 1 is 1.08 bits per heavy atom. The number of phenolic OH excluding ortho intramolecular Hbond substituents is 1. The number of halogens is 2. The van der Waals surface area contributed by atoms with E-state index in [0.29, 0.717) is 53.7 Å². The Hall–Kier alpha value is -4.36. The fourth-order valence-corrected chi connectivity index (χ4v) is 7.33. The SMILES string of the molecule is O=C1NC2CCCN(C2)c2nc(OCC3(CN4CCOCC4)CC3)nc3c(F)c(ncc23)-c2cc(O)cc3ccc(F)c(c23)CCCO1. The van der Waals surface area contributed by atoms with Crippen LogP contribution in [0.4, 0.5) is 19.4 Å². The van der Waals surface area contributed by atoms with Crippen LogP contribution in [-0.4, -0.2) is 96.2 Å². The van der Waals surface area contributed by atoms with Crippen LogP contribution in [0.15, 0.2) is 30.5 Å². The van der Waals surface area contributed by atoms with E-state index in [1.54, 1.807) is 6.07 Å². The first kappa shape index (κ1) is 30.9. The van der Waals surface area contributed by atoms with E-state index in [-0.39, 0.29) is 53.0 Å². The molecule has 3 fully saturated rings. The van der Waals surface area contributed by atoms with E-state index >= 15 is 8.78 Å². The van der Waals surface area contributed by atoms with Gasteiger partial charge < -0.3 is 29.5 Å². The standard InChI is InChI=1S/C35H38F2N6O5/c36-27-6-5-21-15-23(44)16-25-28(21)24(27)4-2-12-47-34(45)39-22-3-1-9-43(18-22)32-26-17-38-30(25)29(37)31(26)40-33(41-32)48-20-35(7-8-35)19-42-10-13-46-14-11-42/h5-6,15-17,22,44H,1-4,7-14,18-20H2,(H,39,45). The summed E-state index contributed by atoms with van der Waals surface area (Å²) in [5, 5.41) is 15.0. The number of ether oxygens (including phenoxy) is 3. The Morgan fingerprint density at radius 3 is 2.77 bits per heavy atom. The minimum absolute atomic E-state index is 0.0197. The summed E-state index contributed by atoms with van der Waals surface area (Å²) >= 11 is 0. The van der Waals surface area contributed by atoms with Crippen molar-refractivity contribution < 1.29 is 32.9 Å². The molecule has 2 N–H and O–H groups in total. The lowest BCUT2D eigenvalue weighted by atomic mass is 9.93. The van der Waals surface area contributed by atoms with E-state index in [2.05, 4.69) is 20.2 Å². The molecule has 0 radical (unpaired) electrons. The van der Waals surface area contributed by atoms with Gasteiger partial charge in [0.1, 0.15) is 28.6 Å². The number of alkyl carbamates (subject to hydrolysis) is 1. The molecule has 6 bridgehead atoms. The number of amides is 1. The predicted octanol–water partition coefficient (Wildman–Crippen LogP) is 4.96. The van der Waals surface area contributed by atoms with Gasteiger partial charge in [-0.2, -0.15) is 9.97 Å². The Balaban J connectivity index is 1.25. The molecular weight excluding hydrogens is 622 g/mol. The topological polar surface area (TPSA) is 122 Å². The number of fused-ring (bicyclic) bond motifs is 6. The largest absolute Gasteiger partial charge is 0.508 e. The molecule has 1 saturated carbocycles. The van der Waals surface area contributed by atoms with Crippen LogP contribution in [0, 0.1) is 17.0 Å². The summed E-state index contributed by atoms with van der Waals surface area (Å²) in [7, 11) is 0. The molecule has 0 spiro atoms. The lowest BCUT2D eigenvalue weighted by Crippen LogP contribution is -2.48. The van der Waals surface area contributed by atoms with E-state index in [1.807, 2.05) is 4.90 Å². The highest BCUT2D eigenvalue weighted by Gasteiger charge is 2.45. The molecule has 1 aliphatic carbocycles. The minimum atomic E-state index is -0.716. The number of nitrogens with zero attached hydrogens (tertiary/aromatic N) is 5. The summed E-state index contributed by atoms with van der Waals surface area (Å²) in [6.45, 7) is 5.61. The number of pyridine rings is 1. The molecule has 2 saturated heterocycles. The molecule has 2 aromatic heterocycles. The van der Waals surface area contributed by atoms with Crippen molar-refractivity contribution in [3.63, 3.8) is 0 Å². The van der Waals surface area contributed by atoms with Crippen molar-refractivity contribution in [3.8, 4) is 23.0 Å². The zero-order valence-corrected chi connectivity index (χ0v) is 26.6. The second kappa shape index (κ2) is 12.6. The first-order valence-electron chi connectivity index (χ1n) is 16.8. The first-order valence-corrected chi connectivity index (χ1v) is 16.8. The van der Waals surface area contributed by atoms with E-state index in [0.717, 1.165) is 58.5 Å². The van der Waals surface area contributed by atoms with Crippen molar-refractivity contribution in [2.75, 3.05) is 64.1 Å². The Labute approximate surface area is 276 Å². The number of anilines is 1. The fourth-order valence-electron chi connectivity index (χ4n) is 7.33. The smallest absolute Gasteiger partial charge is 0.407 e. The third kappa shape index (κ3) is 6.05. The maximum absolute atomic E-state index is 16.9. The molecule has 1 atom stereocenters. The van der Waals surface area contributed by atoms with Gasteiger partial charge >= 0.3 is 12.1 Å². The molecule has 5 aliphatic rings. The molecule has 2 aromatic carbocycles. The average Bonchev–Trinajstić information content (AvgIpc) is 3.85. The molecule has 9 rings (SSSR count). The van der Waals surface area contributed by atoms with Gasteiger partial charge in [-0.05, 0) is 73.1 Å². The van der Waals surface area contributed by atoms with Gasteiger partial charge in [0.05, 0.1) is 31.8 Å². The molecule has 1 unspecified atom stereocenters. The van der Waals surface area contributed by atoms with Crippen molar-refractivity contribution >= 4 is 33.6 Å². The second-order valence-electron chi connectivity index (χ2n) is 13.5. The van der Waals surface area contributed by atoms with Crippen LogP contribution in [-0.2, 0) is 15.9 Å². The number of benzene rings is 2. The third-order valence-corrected chi connectivity index (χ3v) is 10.0. The number of aryl methyl sites for hydroxylation is 1. The molecule has 13 heteroatoms. The number of piperidine rings is 1. The highest BCUT2D eigenvalue weighted by molar-refractivity contribution is 6.01. The first-order chi connectivity index (χ1) is 23.4. The average molecular weight is 661 g/mol. The fraction of sp³-hybridized carbons (Fsp3) is 0.486. The van der Waals surface area contributed by atoms with Gasteiger partial charge in [0.25, 0.3) is 0 Å². The number of phenols is 1. The number of carbonyl (C=O) groups excluding carboxylic acids is 1. The number of hydrogen-bond acceptors (Lipinski definition) is 10. The number of carbonyl (C=O) groups is 1. The zero-order chi connectivity index (χ0) is 32.8. The lowest BCUT2D eigenvalue weighted by molar-refractivity contribution is 0.0231. The molecular formula is C35H38F2N6O5. The van der Waals surface area contributed by atoms with Crippen LogP contribution in [0.25, 0.3) is 32.9 Å². The maximum Gasteiger partial charge on any atom is 0.407 e. The molecule has 4 aliphatic heterocycles. The Bertz CT molecular complexity index is 1880. The number of morpholine rings is 1. The second-order valence-corrected chi connectivity index (χ2v) is 13.5. The van der Waals surface area contributed by atoms with Crippen molar-refractivity contribution in [1.29, 1.82) is 0 Å². The van der Waals surface area contributed by atoms with E-state index in [1.165, 1.54) is 24.4 Å². The molecule has 6 heterocycles. The van der Waals surface area contributed by atoms with Crippen molar-refractivity contribution in [1.82, 2.24) is 25.2 Å². The normalized spacial score (nSPS) is 21.2. The van der Waals surface area contributed by atoms with Crippen LogP contribution in [0.2, 0.25) is 0 Å². The van der Waals surface area contributed by atoms with Gasteiger partial charge in [-0.25, -0.2) is 13.6 Å². The summed E-state index contributed by atoms with van der Waals surface area (Å²) in [5.41, 5.74) is 0.495. The van der Waals surface area contributed by atoms with Gasteiger partial charge in [0.2, 0.25) is 0 Å². The van der Waals surface area contributed by atoms with Gasteiger partial charge in [-0.3, -0.25) is 9.88 Å². The van der Waals surface area contributed by atoms with Crippen LogP contribution >= 0.6 is 0 Å². The zero-order valence-electron chi connectivity index (χ0n) is 26.6. The summed E-state index contributed by atoms with van der Waals surface area (Å²) in [6, 6.07) is 5.62. The van der Waals surface area contributed by atoms with Gasteiger partial charge in [0.15, 0.2) is 5.82 Å². The summed E-state index contributed by atoms with van der Waals surface area (Å²) < 4.78 is 49.6. The predicted molar refractivity (Wildman–Crippen MR) is 174 cm³/mol. The summed E-state index contributed by atoms with van der Waals surface area (Å²) in [4.78, 5) is 31.2. The van der Waals surface area contributed by atoms with Crippen molar-refractivity contribution in [3.05, 3.63) is 47.7 Å². The Kier molecular flexibility index (Phi) is 8.11. The summed E-state index contributed by atoms with van der Waals surface area (Å²) in [5.74, 6) is -0.843. The molecule has 11 nitrogen and oxygen atoms in total. The van der Waals surface area contributed by atoms with Gasteiger partial charge in [-0.1, -0.05) is 6.07 Å². The monoisotopic (exact) mass is 660 g/mol. The third-order valence-electron chi connectivity index (χ3n) is 10.0. The molecule has 48 heavy (non-hydrogen) atoms. The minimum Gasteiger partial charge on any atom is -0.508 e. The number of nitrogens with one attached hydrogen (secondary N) is 1. The maximum atomic E-state index is 16.9. The lowest BCUT2D eigenvalue weighted by Gasteiger charge is -2.34. The van der Waals surface area contributed by atoms with Gasteiger partial charge in [0, 0.05) is 55.9 Å². The van der Waals surface area contributed by atoms with E-state index in [9.17, 15) is 9.90 Å². The van der Waals surface area contributed by atoms with E-state index in [4.69, 9.17) is 19.2 Å². The molecule has 252 valence electrons. The number of aromatic hydroxyl groups is 1. The van der Waals surface area contributed by atoms with Crippen LogP contribution < -0.4 is 15.0 Å². The van der Waals surface area contributed by atoms with Crippen LogP contribution in [0.5, 0.6) is 11.8 Å². The van der Waals surface area contributed by atoms with Crippen molar-refractivity contribution in [2.24, 2.45) is 5.41 Å². The van der Waals surface area contributed by atoms with E-state index < -0.39 is 17.7 Å². The Morgan fingerprint density at radius 2 is 1.94 bits per heavy atom. The van der Waals surface area contributed by atoms with Gasteiger partial charge in [-0.15, -0.1) is 0 Å². The highest BCUT2D eigenvalue weighted by Crippen LogP contribution is 2.47. The quantitative estimate of drug-likeness (QED) is 0.304. The summed E-state index contributed by atoms with van der Waals surface area (Å²) in [6.07, 6.45) is 5.10. The van der Waals surface area contributed by atoms with Crippen LogP contribution in [0.1, 0.15) is 37.7 Å².